The number of hydrogen-bond donors (Lipinski definition) is 0. The molecule has 3 aromatic rings. The van der Waals surface area contributed by atoms with Gasteiger partial charge in [-0.1, -0.05) is 24.3 Å². The molecule has 0 spiro atoms. The number of piperazine rings is 1. The first-order valence-electron chi connectivity index (χ1n) is 9.81. The molecule has 7 heteroatoms. The van der Waals surface area contributed by atoms with Crippen molar-refractivity contribution < 1.29 is 4.42 Å². The molecule has 7 nitrogen and oxygen atoms in total. The van der Waals surface area contributed by atoms with Crippen molar-refractivity contribution in [3.8, 4) is 11.5 Å². The fourth-order valence-corrected chi connectivity index (χ4v) is 3.48. The first-order valence-corrected chi connectivity index (χ1v) is 9.81. The van der Waals surface area contributed by atoms with Gasteiger partial charge in [0.1, 0.15) is 5.82 Å². The number of rotatable bonds is 7. The van der Waals surface area contributed by atoms with E-state index < -0.39 is 0 Å². The van der Waals surface area contributed by atoms with E-state index in [0.717, 1.165) is 56.9 Å². The number of benzene rings is 1. The molecule has 1 aliphatic rings. The molecule has 1 aliphatic heterocycles. The normalized spacial score (nSPS) is 15.1. The monoisotopic (exact) mass is 379 g/mol. The topological polar surface area (TPSA) is 67.4 Å². The molecule has 4 rings (SSSR count). The van der Waals surface area contributed by atoms with E-state index in [1.165, 1.54) is 4.68 Å². The van der Waals surface area contributed by atoms with Crippen molar-refractivity contribution in [1.29, 1.82) is 0 Å². The number of nitrogens with zero attached hydrogens (tertiary/aromatic N) is 5. The average molecular weight is 379 g/mol. The van der Waals surface area contributed by atoms with Crippen LogP contribution >= 0.6 is 0 Å². The van der Waals surface area contributed by atoms with Crippen LogP contribution in [0.5, 0.6) is 0 Å². The molecule has 0 atom stereocenters. The maximum absolute atomic E-state index is 12.0. The van der Waals surface area contributed by atoms with E-state index in [4.69, 9.17) is 4.42 Å². The van der Waals surface area contributed by atoms with Crippen molar-refractivity contribution >= 4 is 5.82 Å². The van der Waals surface area contributed by atoms with Gasteiger partial charge in [0.2, 0.25) is 5.89 Å². The van der Waals surface area contributed by atoms with E-state index in [0.29, 0.717) is 12.4 Å². The fraction of sp³-hybridized carbons (Fsp3) is 0.381. The molecule has 1 aromatic carbocycles. The molecule has 0 unspecified atom stereocenters. The lowest BCUT2D eigenvalue weighted by atomic mass is 10.2. The van der Waals surface area contributed by atoms with Gasteiger partial charge in [-0.25, -0.2) is 9.78 Å². The second-order valence-electron chi connectivity index (χ2n) is 6.99. The minimum absolute atomic E-state index is 0.385. The third-order valence-electron chi connectivity index (χ3n) is 5.07. The quantitative estimate of drug-likeness (QED) is 0.588. The van der Waals surface area contributed by atoms with Gasteiger partial charge in [-0.3, -0.25) is 4.90 Å². The Morgan fingerprint density at radius 3 is 2.39 bits per heavy atom. The lowest BCUT2D eigenvalue weighted by Gasteiger charge is -2.35. The van der Waals surface area contributed by atoms with Gasteiger partial charge in [0.05, 0.1) is 0 Å². The number of anilines is 1. The Morgan fingerprint density at radius 2 is 1.64 bits per heavy atom. The predicted octanol–water partition coefficient (Wildman–Crippen LogP) is 2.50. The minimum atomic E-state index is -0.386. The number of aromatic nitrogens is 3. The molecular weight excluding hydrogens is 354 g/mol. The Hall–Kier alpha value is -2.93. The van der Waals surface area contributed by atoms with Crippen molar-refractivity contribution in [2.24, 2.45) is 0 Å². The Labute approximate surface area is 164 Å². The van der Waals surface area contributed by atoms with Crippen LogP contribution in [0.25, 0.3) is 11.5 Å². The lowest BCUT2D eigenvalue weighted by molar-refractivity contribution is 0.250. The molecule has 0 radical (unpaired) electrons. The number of hydrogen-bond acceptors (Lipinski definition) is 6. The van der Waals surface area contributed by atoms with Crippen molar-refractivity contribution in [1.82, 2.24) is 19.7 Å². The largest absolute Gasteiger partial charge is 0.437 e. The molecule has 0 aliphatic carbocycles. The van der Waals surface area contributed by atoms with E-state index in [1.807, 2.05) is 48.7 Å². The zero-order valence-corrected chi connectivity index (χ0v) is 15.9. The molecule has 28 heavy (non-hydrogen) atoms. The van der Waals surface area contributed by atoms with Gasteiger partial charge in [0.15, 0.2) is 0 Å². The highest BCUT2D eigenvalue weighted by molar-refractivity contribution is 5.51. The maximum Gasteiger partial charge on any atom is 0.437 e. The van der Waals surface area contributed by atoms with Gasteiger partial charge in [-0.05, 0) is 43.7 Å². The third kappa shape index (κ3) is 4.48. The summed E-state index contributed by atoms with van der Waals surface area (Å²) in [6.45, 7) is 5.70. The lowest BCUT2D eigenvalue weighted by Crippen LogP contribution is -2.46. The van der Waals surface area contributed by atoms with Crippen LogP contribution in [-0.2, 0) is 6.54 Å². The summed E-state index contributed by atoms with van der Waals surface area (Å²) in [6.07, 6.45) is 3.78. The Morgan fingerprint density at radius 1 is 0.893 bits per heavy atom. The molecule has 1 fully saturated rings. The molecule has 146 valence electrons. The van der Waals surface area contributed by atoms with Gasteiger partial charge in [0.25, 0.3) is 0 Å². The van der Waals surface area contributed by atoms with Crippen LogP contribution in [0.3, 0.4) is 0 Å². The summed E-state index contributed by atoms with van der Waals surface area (Å²) in [5.41, 5.74) is 0.823. The molecule has 0 saturated carbocycles. The van der Waals surface area contributed by atoms with Crippen LogP contribution < -0.4 is 10.7 Å². The number of unbranched alkanes of at least 4 members (excludes halogenated alkanes) is 1. The number of pyridine rings is 1. The molecule has 1 saturated heterocycles. The summed E-state index contributed by atoms with van der Waals surface area (Å²) in [7, 11) is 0. The van der Waals surface area contributed by atoms with Crippen LogP contribution in [0.2, 0.25) is 0 Å². The van der Waals surface area contributed by atoms with Crippen molar-refractivity contribution in [2.75, 3.05) is 37.6 Å². The summed E-state index contributed by atoms with van der Waals surface area (Å²) in [6, 6.07) is 15.6. The molecule has 0 N–H and O–H groups in total. The first-order chi connectivity index (χ1) is 13.8. The van der Waals surface area contributed by atoms with Gasteiger partial charge in [-0.2, -0.15) is 4.68 Å². The zero-order chi connectivity index (χ0) is 19.2. The predicted molar refractivity (Wildman–Crippen MR) is 108 cm³/mol. The highest BCUT2D eigenvalue weighted by Crippen LogP contribution is 2.15. The van der Waals surface area contributed by atoms with Crippen LogP contribution in [-0.4, -0.2) is 52.4 Å². The zero-order valence-electron chi connectivity index (χ0n) is 15.9. The SMILES string of the molecule is O=c1oc(-c2ccccc2)nn1CCCCN1CCN(c2ccccn2)CC1. The molecule has 0 bridgehead atoms. The van der Waals surface area contributed by atoms with Crippen molar-refractivity contribution in [3.63, 3.8) is 0 Å². The van der Waals surface area contributed by atoms with E-state index in [2.05, 4.69) is 25.9 Å². The molecular formula is C21H25N5O2. The highest BCUT2D eigenvalue weighted by atomic mass is 16.4. The van der Waals surface area contributed by atoms with E-state index >= 15 is 0 Å². The fourth-order valence-electron chi connectivity index (χ4n) is 3.48. The van der Waals surface area contributed by atoms with Crippen LogP contribution in [0.4, 0.5) is 5.82 Å². The number of aryl methyl sites for hydroxylation is 1. The van der Waals surface area contributed by atoms with Gasteiger partial charge < -0.3 is 9.32 Å². The van der Waals surface area contributed by atoms with Gasteiger partial charge in [-0.15, -0.1) is 5.10 Å². The Kier molecular flexibility index (Phi) is 5.82. The van der Waals surface area contributed by atoms with Crippen molar-refractivity contribution in [2.45, 2.75) is 19.4 Å². The van der Waals surface area contributed by atoms with Crippen LogP contribution in [0, 0.1) is 0 Å². The van der Waals surface area contributed by atoms with E-state index in [9.17, 15) is 4.79 Å². The summed E-state index contributed by atoms with van der Waals surface area (Å²) in [5.74, 6) is 1.06. The third-order valence-corrected chi connectivity index (χ3v) is 5.07. The summed E-state index contributed by atoms with van der Waals surface area (Å²) >= 11 is 0. The molecule has 0 amide bonds. The molecule has 2 aromatic heterocycles. The highest BCUT2D eigenvalue weighted by Gasteiger charge is 2.17. The minimum Gasteiger partial charge on any atom is -0.388 e. The van der Waals surface area contributed by atoms with Gasteiger partial charge in [0, 0.05) is 44.5 Å². The second-order valence-corrected chi connectivity index (χ2v) is 6.99. The Bertz CT molecular complexity index is 915. The molecule has 3 heterocycles. The van der Waals surface area contributed by atoms with Crippen LogP contribution in [0.15, 0.2) is 63.9 Å². The summed E-state index contributed by atoms with van der Waals surface area (Å²) in [5, 5.41) is 4.32. The maximum atomic E-state index is 12.0. The average Bonchev–Trinajstić information content (AvgIpc) is 3.13. The first kappa shape index (κ1) is 18.4. The standard InChI is InChI=1S/C21H25N5O2/c27-21-26(23-20(28-21)18-8-2-1-3-9-18)13-7-6-12-24-14-16-25(17-15-24)19-10-4-5-11-22-19/h1-5,8-11H,6-7,12-17H2. The smallest absolute Gasteiger partial charge is 0.388 e. The summed E-state index contributed by atoms with van der Waals surface area (Å²) in [4.78, 5) is 21.2. The van der Waals surface area contributed by atoms with Gasteiger partial charge >= 0.3 is 5.76 Å². The second kappa shape index (κ2) is 8.84. The van der Waals surface area contributed by atoms with Crippen LogP contribution in [0.1, 0.15) is 12.8 Å². The van der Waals surface area contributed by atoms with E-state index in [-0.39, 0.29) is 5.76 Å². The Balaban J connectivity index is 1.21. The van der Waals surface area contributed by atoms with E-state index in [1.54, 1.807) is 0 Å². The van der Waals surface area contributed by atoms with Crippen molar-refractivity contribution in [3.05, 3.63) is 65.3 Å². The summed E-state index contributed by atoms with van der Waals surface area (Å²) < 4.78 is 6.71.